The quantitative estimate of drug-likeness (QED) is 0.599. The summed E-state index contributed by atoms with van der Waals surface area (Å²) in [6.45, 7) is 0. The molecule has 1 unspecified atom stereocenters. The van der Waals surface area contributed by atoms with Gasteiger partial charge < -0.3 is 9.72 Å². The Balaban J connectivity index is 1.98. The molecule has 0 bridgehead atoms. The average Bonchev–Trinajstić information content (AvgIpc) is 3.08. The predicted octanol–water partition coefficient (Wildman–Crippen LogP) is 3.41. The van der Waals surface area contributed by atoms with Crippen LogP contribution in [0.25, 0.3) is 0 Å². The number of thioether (sulfide) groups is 1. The summed E-state index contributed by atoms with van der Waals surface area (Å²) in [5.41, 5.74) is 0.850. The molecule has 0 aliphatic heterocycles. The summed E-state index contributed by atoms with van der Waals surface area (Å²) in [7, 11) is 1.36. The van der Waals surface area contributed by atoms with E-state index in [4.69, 9.17) is 0 Å². The molecule has 4 nitrogen and oxygen atoms in total. The molecule has 0 amide bonds. The molecule has 1 aromatic heterocycles. The number of H-pyrrole nitrogens is 1. The van der Waals surface area contributed by atoms with Crippen LogP contribution >= 0.6 is 11.8 Å². The minimum Gasteiger partial charge on any atom is -0.469 e. The molecule has 5 heteroatoms. The van der Waals surface area contributed by atoms with E-state index in [2.05, 4.69) is 9.72 Å². The van der Waals surface area contributed by atoms with Crippen molar-refractivity contribution >= 4 is 23.5 Å². The molecule has 0 saturated carbocycles. The molecular formula is C17H19NO3S. The van der Waals surface area contributed by atoms with Gasteiger partial charge in [0.05, 0.1) is 18.8 Å². The SMILES string of the molecule is COC(=O)CCC(C(=O)CSc1ccccc1)c1ccc[nH]1. The van der Waals surface area contributed by atoms with Crippen LogP contribution in [0.15, 0.2) is 53.6 Å². The summed E-state index contributed by atoms with van der Waals surface area (Å²) in [6, 6.07) is 13.6. The zero-order valence-electron chi connectivity index (χ0n) is 12.5. The molecule has 116 valence electrons. The van der Waals surface area contributed by atoms with E-state index in [-0.39, 0.29) is 24.1 Å². The number of benzene rings is 1. The van der Waals surface area contributed by atoms with Gasteiger partial charge in [0.15, 0.2) is 5.78 Å². The monoisotopic (exact) mass is 317 g/mol. The maximum absolute atomic E-state index is 12.5. The van der Waals surface area contributed by atoms with Crippen molar-refractivity contribution in [3.63, 3.8) is 0 Å². The number of hydrogen-bond donors (Lipinski definition) is 1. The number of carbonyl (C=O) groups excluding carboxylic acids is 2. The zero-order chi connectivity index (χ0) is 15.8. The highest BCUT2D eigenvalue weighted by Gasteiger charge is 2.22. The van der Waals surface area contributed by atoms with Gasteiger partial charge in [-0.1, -0.05) is 18.2 Å². The van der Waals surface area contributed by atoms with Gasteiger partial charge in [-0.15, -0.1) is 11.8 Å². The number of Topliss-reactive ketones (excluding diaryl/α,β-unsaturated/α-hetero) is 1. The fourth-order valence-electron chi connectivity index (χ4n) is 2.19. The highest BCUT2D eigenvalue weighted by Crippen LogP contribution is 2.25. The molecule has 0 spiro atoms. The van der Waals surface area contributed by atoms with Crippen molar-refractivity contribution in [2.45, 2.75) is 23.7 Å². The van der Waals surface area contributed by atoms with Crippen LogP contribution in [0.2, 0.25) is 0 Å². The molecule has 1 N–H and O–H groups in total. The number of aromatic nitrogens is 1. The second-order valence-electron chi connectivity index (χ2n) is 4.86. The van der Waals surface area contributed by atoms with E-state index in [1.165, 1.54) is 18.9 Å². The van der Waals surface area contributed by atoms with Crippen molar-refractivity contribution < 1.29 is 14.3 Å². The molecule has 0 aliphatic rings. The lowest BCUT2D eigenvalue weighted by molar-refractivity contribution is -0.140. The van der Waals surface area contributed by atoms with E-state index in [1.54, 1.807) is 6.20 Å². The Labute approximate surface area is 134 Å². The average molecular weight is 317 g/mol. The zero-order valence-corrected chi connectivity index (χ0v) is 13.3. The van der Waals surface area contributed by atoms with Crippen molar-refractivity contribution in [1.82, 2.24) is 4.98 Å². The van der Waals surface area contributed by atoms with Crippen LogP contribution in [0.1, 0.15) is 24.5 Å². The molecule has 2 rings (SSSR count). The first kappa shape index (κ1) is 16.4. The first-order valence-corrected chi connectivity index (χ1v) is 8.10. The maximum Gasteiger partial charge on any atom is 0.305 e. The van der Waals surface area contributed by atoms with Crippen molar-refractivity contribution in [2.24, 2.45) is 0 Å². The normalized spacial score (nSPS) is 11.9. The van der Waals surface area contributed by atoms with Gasteiger partial charge in [-0.3, -0.25) is 9.59 Å². The van der Waals surface area contributed by atoms with Crippen LogP contribution in [0, 0.1) is 0 Å². The minimum absolute atomic E-state index is 0.111. The minimum atomic E-state index is -0.301. The number of esters is 1. The number of carbonyl (C=O) groups is 2. The molecule has 0 saturated heterocycles. The largest absolute Gasteiger partial charge is 0.469 e. The van der Waals surface area contributed by atoms with Gasteiger partial charge >= 0.3 is 5.97 Å². The highest BCUT2D eigenvalue weighted by molar-refractivity contribution is 8.00. The van der Waals surface area contributed by atoms with Crippen molar-refractivity contribution in [1.29, 1.82) is 0 Å². The van der Waals surface area contributed by atoms with Gasteiger partial charge in [0, 0.05) is 23.2 Å². The lowest BCUT2D eigenvalue weighted by Gasteiger charge is -2.14. The molecule has 1 heterocycles. The molecule has 2 aromatic rings. The lowest BCUT2D eigenvalue weighted by atomic mass is 9.95. The van der Waals surface area contributed by atoms with Crippen LogP contribution in [0.5, 0.6) is 0 Å². The molecule has 1 aromatic carbocycles. The standard InChI is InChI=1S/C17H19NO3S/c1-21-17(20)10-9-14(15-8-5-11-18-15)16(19)12-22-13-6-3-2-4-7-13/h2-8,11,14,18H,9-10,12H2,1H3. The predicted molar refractivity (Wildman–Crippen MR) is 87.0 cm³/mol. The Morgan fingerprint density at radius 2 is 1.95 bits per heavy atom. The number of hydrogen-bond acceptors (Lipinski definition) is 4. The van der Waals surface area contributed by atoms with Crippen LogP contribution in [-0.4, -0.2) is 29.6 Å². The maximum atomic E-state index is 12.5. The number of methoxy groups -OCH3 is 1. The molecular weight excluding hydrogens is 298 g/mol. The smallest absolute Gasteiger partial charge is 0.305 e. The second-order valence-corrected chi connectivity index (χ2v) is 5.91. The third-order valence-electron chi connectivity index (χ3n) is 3.38. The second kappa shape index (κ2) is 8.44. The summed E-state index contributed by atoms with van der Waals surface area (Å²) in [6.07, 6.45) is 2.49. The number of nitrogens with one attached hydrogen (secondary N) is 1. The van der Waals surface area contributed by atoms with E-state index in [9.17, 15) is 9.59 Å². The van der Waals surface area contributed by atoms with E-state index in [1.807, 2.05) is 42.5 Å². The lowest BCUT2D eigenvalue weighted by Crippen LogP contribution is -2.17. The van der Waals surface area contributed by atoms with Crippen LogP contribution in [0.4, 0.5) is 0 Å². The number of rotatable bonds is 8. The van der Waals surface area contributed by atoms with Crippen LogP contribution < -0.4 is 0 Å². The van der Waals surface area contributed by atoms with E-state index in [0.29, 0.717) is 12.2 Å². The van der Waals surface area contributed by atoms with Gasteiger partial charge in [-0.2, -0.15) is 0 Å². The molecule has 0 aliphatic carbocycles. The first-order valence-electron chi connectivity index (χ1n) is 7.11. The van der Waals surface area contributed by atoms with Crippen molar-refractivity contribution in [3.8, 4) is 0 Å². The topological polar surface area (TPSA) is 59.2 Å². The third-order valence-corrected chi connectivity index (χ3v) is 4.41. The van der Waals surface area contributed by atoms with E-state index in [0.717, 1.165) is 10.6 Å². The number of ether oxygens (including phenoxy) is 1. The van der Waals surface area contributed by atoms with Gasteiger partial charge in [-0.05, 0) is 30.7 Å². The Morgan fingerprint density at radius 1 is 1.18 bits per heavy atom. The third kappa shape index (κ3) is 4.77. The summed E-state index contributed by atoms with van der Waals surface area (Å²) in [4.78, 5) is 28.0. The Bertz CT molecular complexity index is 596. The molecule has 0 radical (unpaired) electrons. The molecule has 22 heavy (non-hydrogen) atoms. The summed E-state index contributed by atoms with van der Waals surface area (Å²) < 4.78 is 4.66. The summed E-state index contributed by atoms with van der Waals surface area (Å²) >= 11 is 1.51. The fourth-order valence-corrected chi connectivity index (χ4v) is 3.05. The summed E-state index contributed by atoms with van der Waals surface area (Å²) in [5, 5.41) is 0. The number of aromatic amines is 1. The van der Waals surface area contributed by atoms with E-state index >= 15 is 0 Å². The summed E-state index contributed by atoms with van der Waals surface area (Å²) in [5.74, 6) is -0.0971. The van der Waals surface area contributed by atoms with Crippen molar-refractivity contribution in [2.75, 3.05) is 12.9 Å². The van der Waals surface area contributed by atoms with Crippen molar-refractivity contribution in [3.05, 3.63) is 54.4 Å². The van der Waals surface area contributed by atoms with Gasteiger partial charge in [0.1, 0.15) is 0 Å². The Kier molecular flexibility index (Phi) is 6.27. The Morgan fingerprint density at radius 3 is 2.59 bits per heavy atom. The molecule has 0 fully saturated rings. The van der Waals surface area contributed by atoms with Crippen LogP contribution in [-0.2, 0) is 14.3 Å². The van der Waals surface area contributed by atoms with E-state index < -0.39 is 0 Å². The first-order chi connectivity index (χ1) is 10.7. The van der Waals surface area contributed by atoms with Crippen LogP contribution in [0.3, 0.4) is 0 Å². The highest BCUT2D eigenvalue weighted by atomic mass is 32.2. The van der Waals surface area contributed by atoms with Gasteiger partial charge in [0.2, 0.25) is 0 Å². The fraction of sp³-hybridized carbons (Fsp3) is 0.294. The molecule has 1 atom stereocenters. The van der Waals surface area contributed by atoms with Gasteiger partial charge in [-0.25, -0.2) is 0 Å². The Hall–Kier alpha value is -2.01. The number of ketones is 1. The van der Waals surface area contributed by atoms with Gasteiger partial charge in [0.25, 0.3) is 0 Å².